The van der Waals surface area contributed by atoms with Gasteiger partial charge in [0, 0.05) is 11.8 Å². The maximum absolute atomic E-state index is 12.1. The Morgan fingerprint density at radius 1 is 1.43 bits per heavy atom. The lowest BCUT2D eigenvalue weighted by atomic mass is 10.4. The number of hydrogen-bond acceptors (Lipinski definition) is 6. The van der Waals surface area contributed by atoms with Gasteiger partial charge in [0.1, 0.15) is 6.61 Å². The van der Waals surface area contributed by atoms with Crippen molar-refractivity contribution in [2.45, 2.75) is 19.0 Å². The number of ether oxygens (including phenoxy) is 1. The van der Waals surface area contributed by atoms with E-state index in [1.165, 1.54) is 13.1 Å². The molecule has 0 fully saturated rings. The van der Waals surface area contributed by atoms with Crippen LogP contribution < -0.4 is 4.72 Å². The van der Waals surface area contributed by atoms with E-state index in [-0.39, 0.29) is 18.7 Å². The smallest absolute Gasteiger partial charge is 0.460 e. The van der Waals surface area contributed by atoms with Crippen molar-refractivity contribution in [3.63, 3.8) is 0 Å². The molecule has 0 aliphatic carbocycles. The van der Waals surface area contributed by atoms with Gasteiger partial charge >= 0.3 is 21.5 Å². The Bertz CT molecular complexity index is 724. The first-order valence-corrected chi connectivity index (χ1v) is 7.42. The maximum atomic E-state index is 12.1. The minimum absolute atomic E-state index is 0.0122. The van der Waals surface area contributed by atoms with Crippen molar-refractivity contribution in [1.29, 1.82) is 0 Å². The van der Waals surface area contributed by atoms with Crippen molar-refractivity contribution < 1.29 is 35.9 Å². The third kappa shape index (κ3) is 5.09. The molecule has 0 saturated heterocycles. The number of carbonyl (C=O) groups excluding carboxylic acids is 2. The second-order valence-corrected chi connectivity index (χ2v) is 5.93. The van der Waals surface area contributed by atoms with Crippen LogP contribution in [-0.2, 0) is 26.1 Å². The lowest BCUT2D eigenvalue weighted by Crippen LogP contribution is -2.40. The van der Waals surface area contributed by atoms with Gasteiger partial charge in [0.05, 0.1) is 6.54 Å². The largest absolute Gasteiger partial charge is 0.516 e. The van der Waals surface area contributed by atoms with Crippen molar-refractivity contribution in [3.8, 4) is 0 Å². The highest BCUT2D eigenvalue weighted by Gasteiger charge is 2.47. The van der Waals surface area contributed by atoms with Crippen LogP contribution in [0.25, 0.3) is 0 Å². The van der Waals surface area contributed by atoms with Gasteiger partial charge in [-0.3, -0.25) is 9.48 Å². The quantitative estimate of drug-likeness (QED) is 0.591. The summed E-state index contributed by atoms with van der Waals surface area (Å²) in [5.74, 6) is -2.16. The number of nitrogens with one attached hydrogen (secondary N) is 1. The molecule has 1 amide bonds. The van der Waals surface area contributed by atoms with Crippen LogP contribution in [0.1, 0.15) is 17.4 Å². The molecular formula is C11H12F3N3O5S. The standard InChI is InChI=1S/C11H12F3N3O5S/c1-7(2)10(19)22-6-5-17-4-3-8(15-17)9(18)16-23(20,21)11(12,13)14/h3-4H,1,5-6H2,2H3,(H,16,18). The fourth-order valence-electron chi connectivity index (χ4n) is 1.19. The molecule has 8 nitrogen and oxygen atoms in total. The first kappa shape index (κ1) is 18.7. The van der Waals surface area contributed by atoms with Gasteiger partial charge in [0.2, 0.25) is 0 Å². The maximum Gasteiger partial charge on any atom is 0.516 e. The summed E-state index contributed by atoms with van der Waals surface area (Å²) >= 11 is 0. The van der Waals surface area contributed by atoms with E-state index >= 15 is 0 Å². The zero-order valence-corrected chi connectivity index (χ0v) is 12.6. The van der Waals surface area contributed by atoms with Crippen LogP contribution in [0.4, 0.5) is 13.2 Å². The lowest BCUT2D eigenvalue weighted by Gasteiger charge is -2.08. The number of hydrogen-bond donors (Lipinski definition) is 1. The normalized spacial score (nSPS) is 11.8. The molecule has 0 atom stereocenters. The molecule has 0 saturated carbocycles. The van der Waals surface area contributed by atoms with Crippen LogP contribution in [0.15, 0.2) is 24.4 Å². The van der Waals surface area contributed by atoms with Gasteiger partial charge in [-0.05, 0) is 13.0 Å². The van der Waals surface area contributed by atoms with E-state index in [2.05, 4.69) is 11.7 Å². The molecule has 0 spiro atoms. The summed E-state index contributed by atoms with van der Waals surface area (Å²) in [5, 5.41) is 3.58. The summed E-state index contributed by atoms with van der Waals surface area (Å²) in [4.78, 5) is 22.5. The molecular weight excluding hydrogens is 343 g/mol. The van der Waals surface area contributed by atoms with E-state index in [0.29, 0.717) is 0 Å². The van der Waals surface area contributed by atoms with E-state index in [1.807, 2.05) is 0 Å². The van der Waals surface area contributed by atoms with Crippen LogP contribution in [0, 0.1) is 0 Å². The third-order valence-corrected chi connectivity index (χ3v) is 3.37. The van der Waals surface area contributed by atoms with Crippen molar-refractivity contribution in [2.24, 2.45) is 0 Å². The summed E-state index contributed by atoms with van der Waals surface area (Å²) in [5.41, 5.74) is -5.96. The predicted octanol–water partition coefficient (Wildman–Crippen LogP) is 0.582. The number of rotatable bonds is 6. The van der Waals surface area contributed by atoms with Crippen molar-refractivity contribution in [1.82, 2.24) is 14.5 Å². The van der Waals surface area contributed by atoms with E-state index in [9.17, 15) is 31.2 Å². The topological polar surface area (TPSA) is 107 Å². The Hall–Kier alpha value is -2.37. The second-order valence-electron chi connectivity index (χ2n) is 4.26. The monoisotopic (exact) mass is 355 g/mol. The van der Waals surface area contributed by atoms with E-state index in [0.717, 1.165) is 15.5 Å². The first-order valence-electron chi connectivity index (χ1n) is 5.93. The molecule has 12 heteroatoms. The Morgan fingerprint density at radius 3 is 2.57 bits per heavy atom. The highest BCUT2D eigenvalue weighted by Crippen LogP contribution is 2.21. The third-order valence-electron chi connectivity index (χ3n) is 2.31. The SMILES string of the molecule is C=C(C)C(=O)OCCn1ccc(C(=O)NS(=O)(=O)C(F)(F)F)n1. The summed E-state index contributed by atoms with van der Waals surface area (Å²) < 4.78 is 64.7. The molecule has 1 aromatic rings. The molecule has 1 aromatic heterocycles. The Labute approximate surface area is 129 Å². The predicted molar refractivity (Wildman–Crippen MR) is 70.4 cm³/mol. The Kier molecular flexibility index (Phi) is 5.53. The van der Waals surface area contributed by atoms with Gasteiger partial charge in [-0.1, -0.05) is 6.58 Å². The molecule has 0 aliphatic heterocycles. The molecule has 0 aliphatic rings. The second kappa shape index (κ2) is 6.81. The summed E-state index contributed by atoms with van der Waals surface area (Å²) in [7, 11) is -5.80. The molecule has 1 N–H and O–H groups in total. The van der Waals surface area contributed by atoms with Gasteiger partial charge in [0.15, 0.2) is 5.69 Å². The van der Waals surface area contributed by atoms with Crippen LogP contribution in [0.2, 0.25) is 0 Å². The van der Waals surface area contributed by atoms with Crippen LogP contribution >= 0.6 is 0 Å². The molecule has 128 valence electrons. The number of nitrogens with zero attached hydrogens (tertiary/aromatic N) is 2. The molecule has 0 aromatic carbocycles. The van der Waals surface area contributed by atoms with Crippen molar-refractivity contribution in [3.05, 3.63) is 30.1 Å². The zero-order chi connectivity index (χ0) is 17.8. The van der Waals surface area contributed by atoms with Gasteiger partial charge in [-0.25, -0.2) is 9.52 Å². The minimum Gasteiger partial charge on any atom is -0.460 e. The molecule has 23 heavy (non-hydrogen) atoms. The molecule has 0 radical (unpaired) electrons. The summed E-state index contributed by atoms with van der Waals surface area (Å²) in [6.07, 6.45) is 1.21. The number of halogens is 3. The molecule has 1 heterocycles. The lowest BCUT2D eigenvalue weighted by molar-refractivity contribution is -0.139. The summed E-state index contributed by atoms with van der Waals surface area (Å²) in [6, 6.07) is 1.02. The number of aromatic nitrogens is 2. The fourth-order valence-corrected chi connectivity index (χ4v) is 1.66. The molecule has 0 unspecified atom stereocenters. The van der Waals surface area contributed by atoms with Crippen LogP contribution in [0.5, 0.6) is 0 Å². The van der Waals surface area contributed by atoms with Gasteiger partial charge in [-0.2, -0.15) is 26.7 Å². The average molecular weight is 355 g/mol. The van der Waals surface area contributed by atoms with Crippen LogP contribution in [-0.4, -0.2) is 42.2 Å². The van der Waals surface area contributed by atoms with Gasteiger partial charge < -0.3 is 4.74 Å². The van der Waals surface area contributed by atoms with E-state index < -0.39 is 33.1 Å². The highest BCUT2D eigenvalue weighted by atomic mass is 32.2. The molecule has 1 rings (SSSR count). The number of alkyl halides is 3. The number of sulfonamides is 1. The average Bonchev–Trinajstić information content (AvgIpc) is 2.85. The summed E-state index contributed by atoms with van der Waals surface area (Å²) in [6.45, 7) is 4.70. The van der Waals surface area contributed by atoms with Crippen LogP contribution in [0.3, 0.4) is 0 Å². The van der Waals surface area contributed by atoms with Gasteiger partial charge in [-0.15, -0.1) is 0 Å². The number of amides is 1. The van der Waals surface area contributed by atoms with Crippen molar-refractivity contribution in [2.75, 3.05) is 6.61 Å². The highest BCUT2D eigenvalue weighted by molar-refractivity contribution is 7.90. The number of carbonyl (C=O) groups is 2. The first-order chi connectivity index (χ1) is 10.4. The van der Waals surface area contributed by atoms with E-state index in [4.69, 9.17) is 4.74 Å². The van der Waals surface area contributed by atoms with Gasteiger partial charge in [0.25, 0.3) is 5.91 Å². The Balaban J connectivity index is 2.64. The zero-order valence-electron chi connectivity index (χ0n) is 11.8. The number of esters is 1. The molecule has 0 bridgehead atoms. The fraction of sp³-hybridized carbons (Fsp3) is 0.364. The van der Waals surface area contributed by atoms with Crippen molar-refractivity contribution >= 4 is 21.9 Å². The Morgan fingerprint density at radius 2 is 2.04 bits per heavy atom. The van der Waals surface area contributed by atoms with E-state index in [1.54, 1.807) is 0 Å². The minimum atomic E-state index is -5.80.